The van der Waals surface area contributed by atoms with Crippen LogP contribution in [0.1, 0.15) is 34.3 Å². The van der Waals surface area contributed by atoms with Crippen molar-refractivity contribution in [1.29, 1.82) is 0 Å². The number of benzene rings is 2. The zero-order valence-electron chi connectivity index (χ0n) is 18.7. The molecule has 0 saturated carbocycles. The second-order valence-electron chi connectivity index (χ2n) is 8.39. The van der Waals surface area contributed by atoms with Gasteiger partial charge in [-0.25, -0.2) is 4.39 Å². The lowest BCUT2D eigenvalue weighted by atomic mass is 10.0. The highest BCUT2D eigenvalue weighted by Gasteiger charge is 2.28. The molecule has 0 atom stereocenters. The lowest BCUT2D eigenvalue weighted by molar-refractivity contribution is 0.0709. The van der Waals surface area contributed by atoms with Crippen LogP contribution < -0.4 is 10.6 Å². The van der Waals surface area contributed by atoms with Crippen molar-refractivity contribution in [2.45, 2.75) is 32.7 Å². The van der Waals surface area contributed by atoms with Gasteiger partial charge in [-0.1, -0.05) is 0 Å². The predicted octanol–water partition coefficient (Wildman–Crippen LogP) is 4.22. The fourth-order valence-corrected chi connectivity index (χ4v) is 4.24. The number of rotatable bonds is 4. The first-order chi connectivity index (χ1) is 15.3. The Morgan fingerprint density at radius 2 is 1.62 bits per heavy atom. The molecule has 1 aromatic heterocycles. The van der Waals surface area contributed by atoms with Crippen LogP contribution in [0.25, 0.3) is 11.3 Å². The van der Waals surface area contributed by atoms with Crippen molar-refractivity contribution in [2.24, 2.45) is 0 Å². The third kappa shape index (κ3) is 4.28. The maximum Gasteiger partial charge on any atom is 0.253 e. The molecule has 3 aromatic rings. The van der Waals surface area contributed by atoms with Crippen LogP contribution in [0.5, 0.6) is 0 Å². The number of halogens is 1. The molecule has 2 heterocycles. The summed E-state index contributed by atoms with van der Waals surface area (Å²) in [4.78, 5) is 16.9. The Balaban J connectivity index is 1.45. The minimum Gasteiger partial charge on any atom is -0.399 e. The number of piperidine rings is 1. The van der Waals surface area contributed by atoms with Crippen LogP contribution in [-0.4, -0.2) is 47.2 Å². The van der Waals surface area contributed by atoms with Crippen LogP contribution >= 0.6 is 0 Å². The van der Waals surface area contributed by atoms with Gasteiger partial charge < -0.3 is 15.5 Å². The predicted molar refractivity (Wildman–Crippen MR) is 125 cm³/mol. The lowest BCUT2D eigenvalue weighted by Gasteiger charge is -2.37. The molecule has 32 heavy (non-hydrogen) atoms. The molecule has 0 unspecified atom stereocenters. The Hall–Kier alpha value is -3.48. The number of aromatic nitrogens is 2. The molecule has 0 aliphatic carbocycles. The molecule has 6 nitrogen and oxygen atoms in total. The first-order valence-electron chi connectivity index (χ1n) is 10.8. The molecular weight excluding hydrogens is 405 g/mol. The van der Waals surface area contributed by atoms with Gasteiger partial charge in [0.2, 0.25) is 0 Å². The van der Waals surface area contributed by atoms with Crippen LogP contribution in [0.2, 0.25) is 0 Å². The average molecular weight is 434 g/mol. The lowest BCUT2D eigenvalue weighted by Crippen LogP contribution is -2.46. The minimum absolute atomic E-state index is 0.0129. The Bertz CT molecular complexity index is 1110. The standard InChI is InChI=1S/C25H28FN5O/c1-16-17(2)24(29-28-23(16)18-4-8-20(26)9-5-18)31-14-12-22(13-15-31)30(3)25(32)19-6-10-21(27)11-7-19/h4-11,22H,12-15,27H2,1-3H3. The molecule has 0 radical (unpaired) electrons. The van der Waals surface area contributed by atoms with E-state index in [0.717, 1.165) is 54.1 Å². The van der Waals surface area contributed by atoms with Gasteiger partial charge in [-0.2, -0.15) is 0 Å². The number of hydrogen-bond donors (Lipinski definition) is 1. The Morgan fingerprint density at radius 3 is 2.25 bits per heavy atom. The molecule has 1 fully saturated rings. The maximum absolute atomic E-state index is 13.3. The average Bonchev–Trinajstić information content (AvgIpc) is 2.81. The van der Waals surface area contributed by atoms with Crippen molar-refractivity contribution in [1.82, 2.24) is 15.1 Å². The maximum atomic E-state index is 13.3. The van der Waals surface area contributed by atoms with Gasteiger partial charge in [-0.3, -0.25) is 4.79 Å². The SMILES string of the molecule is Cc1c(-c2ccc(F)cc2)nnc(N2CCC(N(C)C(=O)c3ccc(N)cc3)CC2)c1C. The highest BCUT2D eigenvalue weighted by molar-refractivity contribution is 5.94. The summed E-state index contributed by atoms with van der Waals surface area (Å²) in [7, 11) is 1.87. The summed E-state index contributed by atoms with van der Waals surface area (Å²) < 4.78 is 13.3. The number of hydrogen-bond acceptors (Lipinski definition) is 5. The van der Waals surface area contributed by atoms with Gasteiger partial charge in [0.1, 0.15) is 5.82 Å². The van der Waals surface area contributed by atoms with Gasteiger partial charge in [0.25, 0.3) is 5.91 Å². The highest BCUT2D eigenvalue weighted by Crippen LogP contribution is 2.30. The molecule has 7 heteroatoms. The highest BCUT2D eigenvalue weighted by atomic mass is 19.1. The number of carbonyl (C=O) groups excluding carboxylic acids is 1. The number of amides is 1. The van der Waals surface area contributed by atoms with E-state index in [0.29, 0.717) is 11.3 Å². The second kappa shape index (κ2) is 8.94. The number of anilines is 2. The number of nitrogen functional groups attached to an aromatic ring is 1. The largest absolute Gasteiger partial charge is 0.399 e. The summed E-state index contributed by atoms with van der Waals surface area (Å²) >= 11 is 0. The van der Waals surface area contributed by atoms with E-state index in [1.54, 1.807) is 36.4 Å². The minimum atomic E-state index is -0.268. The third-order valence-electron chi connectivity index (χ3n) is 6.41. The zero-order valence-corrected chi connectivity index (χ0v) is 18.7. The first-order valence-corrected chi connectivity index (χ1v) is 10.8. The van der Waals surface area contributed by atoms with E-state index < -0.39 is 0 Å². The summed E-state index contributed by atoms with van der Waals surface area (Å²) in [5.41, 5.74) is 10.8. The molecule has 1 amide bonds. The van der Waals surface area contributed by atoms with Crippen LogP contribution in [0.4, 0.5) is 15.9 Å². The van der Waals surface area contributed by atoms with Gasteiger partial charge in [0.15, 0.2) is 5.82 Å². The summed E-state index contributed by atoms with van der Waals surface area (Å²) in [6.07, 6.45) is 1.72. The fourth-order valence-electron chi connectivity index (χ4n) is 4.24. The van der Waals surface area contributed by atoms with Gasteiger partial charge in [-0.15, -0.1) is 10.2 Å². The van der Waals surface area contributed by atoms with Crippen molar-refractivity contribution in [3.8, 4) is 11.3 Å². The van der Waals surface area contributed by atoms with Crippen LogP contribution in [0.15, 0.2) is 48.5 Å². The van der Waals surface area contributed by atoms with E-state index in [9.17, 15) is 9.18 Å². The topological polar surface area (TPSA) is 75.4 Å². The van der Waals surface area contributed by atoms with E-state index in [-0.39, 0.29) is 17.8 Å². The quantitative estimate of drug-likeness (QED) is 0.624. The summed E-state index contributed by atoms with van der Waals surface area (Å²) in [6, 6.07) is 13.5. The smallest absolute Gasteiger partial charge is 0.253 e. The van der Waals surface area contributed by atoms with E-state index in [1.165, 1.54) is 12.1 Å². The summed E-state index contributed by atoms with van der Waals surface area (Å²) in [5.74, 6) is 0.619. The van der Waals surface area contributed by atoms with Gasteiger partial charge >= 0.3 is 0 Å². The normalized spacial score (nSPS) is 14.4. The van der Waals surface area contributed by atoms with Crippen LogP contribution in [0.3, 0.4) is 0 Å². The molecule has 1 saturated heterocycles. The van der Waals surface area contributed by atoms with Crippen molar-refractivity contribution in [2.75, 3.05) is 30.8 Å². The van der Waals surface area contributed by atoms with E-state index in [1.807, 2.05) is 18.9 Å². The number of nitrogens with two attached hydrogens (primary N) is 1. The Labute approximate surface area is 187 Å². The van der Waals surface area contributed by atoms with E-state index >= 15 is 0 Å². The van der Waals surface area contributed by atoms with E-state index in [4.69, 9.17) is 5.73 Å². The van der Waals surface area contributed by atoms with Crippen molar-refractivity contribution < 1.29 is 9.18 Å². The van der Waals surface area contributed by atoms with Crippen molar-refractivity contribution in [3.63, 3.8) is 0 Å². The summed E-state index contributed by atoms with van der Waals surface area (Å²) in [6.45, 7) is 5.68. The molecule has 0 spiro atoms. The first kappa shape index (κ1) is 21.7. The third-order valence-corrected chi connectivity index (χ3v) is 6.41. The van der Waals surface area contributed by atoms with Gasteiger partial charge in [0.05, 0.1) is 5.69 Å². The molecular formula is C25H28FN5O. The summed E-state index contributed by atoms with van der Waals surface area (Å²) in [5, 5.41) is 8.97. The Kier molecular flexibility index (Phi) is 6.08. The van der Waals surface area contributed by atoms with Crippen molar-refractivity contribution in [3.05, 3.63) is 71.0 Å². The molecule has 0 bridgehead atoms. The monoisotopic (exact) mass is 433 g/mol. The van der Waals surface area contributed by atoms with Crippen molar-refractivity contribution >= 4 is 17.4 Å². The zero-order chi connectivity index (χ0) is 22.8. The molecule has 1 aliphatic rings. The van der Waals surface area contributed by atoms with Crippen LogP contribution in [0, 0.1) is 19.7 Å². The molecule has 1 aliphatic heterocycles. The number of carbonyl (C=O) groups is 1. The molecule has 2 aromatic carbocycles. The number of nitrogens with zero attached hydrogens (tertiary/aromatic N) is 4. The van der Waals surface area contributed by atoms with Crippen LogP contribution in [-0.2, 0) is 0 Å². The second-order valence-corrected chi connectivity index (χ2v) is 8.39. The molecule has 2 N–H and O–H groups in total. The Morgan fingerprint density at radius 1 is 1.00 bits per heavy atom. The van der Waals surface area contributed by atoms with Gasteiger partial charge in [0, 0.05) is 43.0 Å². The molecule has 166 valence electrons. The van der Waals surface area contributed by atoms with Gasteiger partial charge in [-0.05, 0) is 86.3 Å². The van der Waals surface area contributed by atoms with E-state index in [2.05, 4.69) is 22.0 Å². The molecule has 4 rings (SSSR count). The fraction of sp³-hybridized carbons (Fsp3) is 0.320.